The van der Waals surface area contributed by atoms with Gasteiger partial charge >= 0.3 is 6.09 Å². The number of rotatable bonds is 15. The van der Waals surface area contributed by atoms with Crippen LogP contribution < -0.4 is 16.0 Å². The van der Waals surface area contributed by atoms with Gasteiger partial charge in [0.25, 0.3) is 0 Å². The van der Waals surface area contributed by atoms with Gasteiger partial charge in [-0.15, -0.1) is 0 Å². The number of Topliss-reactive ketones (excluding diaryl/α,β-unsaturated/α-hetero) is 1. The van der Waals surface area contributed by atoms with E-state index in [0.717, 1.165) is 11.1 Å². The van der Waals surface area contributed by atoms with Crippen LogP contribution in [0.2, 0.25) is 0 Å². The Morgan fingerprint density at radius 1 is 0.800 bits per heavy atom. The number of nitrogens with one attached hydrogen (secondary N) is 3. The molecule has 0 aromatic heterocycles. The van der Waals surface area contributed by atoms with Gasteiger partial charge in [0.15, 0.2) is 5.78 Å². The van der Waals surface area contributed by atoms with Crippen LogP contribution in [-0.2, 0) is 36.9 Å². The maximum Gasteiger partial charge on any atom is 0.408 e. The Kier molecular flexibility index (Phi) is 11.7. The van der Waals surface area contributed by atoms with E-state index in [2.05, 4.69) is 16.0 Å². The Morgan fingerprint density at radius 3 is 1.82 bits per heavy atom. The van der Waals surface area contributed by atoms with Gasteiger partial charge in [0.05, 0.1) is 12.6 Å². The van der Waals surface area contributed by atoms with E-state index in [-0.39, 0.29) is 24.2 Å². The van der Waals surface area contributed by atoms with Crippen molar-refractivity contribution in [2.45, 2.75) is 77.8 Å². The van der Waals surface area contributed by atoms with Gasteiger partial charge in [-0.2, -0.15) is 0 Å². The minimum Gasteiger partial charge on any atom is -0.445 e. The number of benzene rings is 2. The first-order valence-corrected chi connectivity index (χ1v) is 14.0. The van der Waals surface area contributed by atoms with Crippen molar-refractivity contribution in [3.8, 4) is 0 Å². The average Bonchev–Trinajstić information content (AvgIpc) is 3.82. The number of carbonyl (C=O) groups is 4. The molecule has 3 amide bonds. The van der Waals surface area contributed by atoms with E-state index < -0.39 is 42.1 Å². The van der Waals surface area contributed by atoms with Crippen LogP contribution in [0.3, 0.4) is 0 Å². The molecule has 216 valence electrons. The molecule has 9 heteroatoms. The molecule has 0 aliphatic carbocycles. The minimum absolute atomic E-state index is 0.0704. The molecule has 9 nitrogen and oxygen atoms in total. The first-order valence-electron chi connectivity index (χ1n) is 14.0. The summed E-state index contributed by atoms with van der Waals surface area (Å²) in [4.78, 5) is 52.6. The van der Waals surface area contributed by atoms with Gasteiger partial charge in [-0.3, -0.25) is 14.4 Å². The van der Waals surface area contributed by atoms with Gasteiger partial charge in [0.1, 0.15) is 24.8 Å². The Morgan fingerprint density at radius 2 is 1.30 bits per heavy atom. The molecular weight excluding hydrogens is 510 g/mol. The normalized spacial score (nSPS) is 17.9. The topological polar surface area (TPSA) is 126 Å². The zero-order chi connectivity index (χ0) is 29.1. The van der Waals surface area contributed by atoms with E-state index in [1.165, 1.54) is 0 Å². The van der Waals surface area contributed by atoms with Crippen molar-refractivity contribution in [1.82, 2.24) is 16.0 Å². The summed E-state index contributed by atoms with van der Waals surface area (Å²) in [6, 6.07) is 16.1. The maximum atomic E-state index is 13.5. The molecule has 2 aromatic rings. The first-order chi connectivity index (χ1) is 19.2. The van der Waals surface area contributed by atoms with Gasteiger partial charge < -0.3 is 25.4 Å². The zero-order valence-electron chi connectivity index (χ0n) is 23.7. The van der Waals surface area contributed by atoms with Crippen LogP contribution in [0.4, 0.5) is 4.79 Å². The van der Waals surface area contributed by atoms with Crippen molar-refractivity contribution >= 4 is 23.7 Å². The third-order valence-corrected chi connectivity index (χ3v) is 7.37. The highest BCUT2D eigenvalue weighted by Crippen LogP contribution is 2.17. The van der Waals surface area contributed by atoms with Crippen LogP contribution >= 0.6 is 0 Å². The monoisotopic (exact) mass is 551 g/mol. The van der Waals surface area contributed by atoms with Gasteiger partial charge in [-0.05, 0) is 29.4 Å². The molecule has 1 fully saturated rings. The summed E-state index contributed by atoms with van der Waals surface area (Å²) in [5.41, 5.74) is 1.73. The maximum absolute atomic E-state index is 13.5. The third kappa shape index (κ3) is 9.19. The van der Waals surface area contributed by atoms with E-state index in [1.54, 1.807) is 0 Å². The largest absolute Gasteiger partial charge is 0.445 e. The fourth-order valence-corrected chi connectivity index (χ4v) is 4.31. The van der Waals surface area contributed by atoms with Crippen molar-refractivity contribution < 1.29 is 28.7 Å². The van der Waals surface area contributed by atoms with Gasteiger partial charge in [-0.1, -0.05) is 101 Å². The molecule has 1 heterocycles. The first kappa shape index (κ1) is 30.8. The summed E-state index contributed by atoms with van der Waals surface area (Å²) in [5, 5.41) is 8.40. The lowest BCUT2D eigenvalue weighted by atomic mass is 9.94. The van der Waals surface area contributed by atoms with Crippen LogP contribution in [0.5, 0.6) is 0 Å². The van der Waals surface area contributed by atoms with Gasteiger partial charge in [0, 0.05) is 0 Å². The average molecular weight is 552 g/mol. The second kappa shape index (κ2) is 15.2. The number of carbonyl (C=O) groups excluding carboxylic acids is 4. The van der Waals surface area contributed by atoms with Crippen molar-refractivity contribution in [3.63, 3.8) is 0 Å². The fourth-order valence-electron chi connectivity index (χ4n) is 4.31. The standard InChI is InChI=1S/C31H41N3O6/c1-5-20(3)26(29(36)32-24(28(35)25-19-39-25)17-22-13-9-7-10-14-22)33-30(37)27(21(4)6-2)34-31(38)40-18-23-15-11-8-12-16-23/h7-16,20-21,24-27H,5-6,17-19H2,1-4H3,(H,32,36)(H,33,37)(H,34,38)/t20-,21-,24-,25?,26-,27-/m0/s1. The summed E-state index contributed by atoms with van der Waals surface area (Å²) < 4.78 is 10.5. The molecule has 0 radical (unpaired) electrons. The summed E-state index contributed by atoms with van der Waals surface area (Å²) in [6.07, 6.45) is 0.309. The molecule has 2 aromatic carbocycles. The van der Waals surface area contributed by atoms with Crippen molar-refractivity contribution in [3.05, 3.63) is 71.8 Å². The van der Waals surface area contributed by atoms with E-state index in [1.807, 2.05) is 88.4 Å². The van der Waals surface area contributed by atoms with Crippen LogP contribution in [0.25, 0.3) is 0 Å². The Labute approximate surface area is 236 Å². The van der Waals surface area contributed by atoms with Crippen LogP contribution in [-0.4, -0.2) is 54.5 Å². The lowest BCUT2D eigenvalue weighted by Crippen LogP contribution is -2.59. The van der Waals surface area contributed by atoms with Crippen LogP contribution in [0.1, 0.15) is 51.7 Å². The molecule has 0 spiro atoms. The number of epoxide rings is 1. The smallest absolute Gasteiger partial charge is 0.408 e. The lowest BCUT2D eigenvalue weighted by Gasteiger charge is -2.29. The van der Waals surface area contributed by atoms with Crippen molar-refractivity contribution in [2.75, 3.05) is 6.61 Å². The highest BCUT2D eigenvalue weighted by molar-refractivity contribution is 5.96. The highest BCUT2D eigenvalue weighted by Gasteiger charge is 2.39. The summed E-state index contributed by atoms with van der Waals surface area (Å²) >= 11 is 0. The predicted octanol–water partition coefficient (Wildman–Crippen LogP) is 3.55. The van der Waals surface area contributed by atoms with Crippen LogP contribution in [0, 0.1) is 11.8 Å². The zero-order valence-corrected chi connectivity index (χ0v) is 23.7. The number of hydrogen-bond donors (Lipinski definition) is 3. The second-order valence-electron chi connectivity index (χ2n) is 10.4. The third-order valence-electron chi connectivity index (χ3n) is 7.37. The van der Waals surface area contributed by atoms with Crippen LogP contribution in [0.15, 0.2) is 60.7 Å². The molecule has 1 saturated heterocycles. The molecule has 40 heavy (non-hydrogen) atoms. The number of alkyl carbamates (subject to hydrolysis) is 1. The molecule has 1 unspecified atom stereocenters. The minimum atomic E-state index is -0.908. The Balaban J connectivity index is 1.69. The quantitative estimate of drug-likeness (QED) is 0.291. The molecule has 0 saturated carbocycles. The number of ether oxygens (including phenoxy) is 2. The van der Waals surface area contributed by atoms with Crippen molar-refractivity contribution in [1.29, 1.82) is 0 Å². The molecule has 1 aliphatic rings. The molecule has 3 N–H and O–H groups in total. The number of ketones is 1. The van der Waals surface area contributed by atoms with Gasteiger partial charge in [0.2, 0.25) is 11.8 Å². The fraction of sp³-hybridized carbons (Fsp3) is 0.484. The molecule has 3 rings (SSSR count). The van der Waals surface area contributed by atoms with E-state index in [0.29, 0.717) is 25.9 Å². The Hall–Kier alpha value is -3.72. The summed E-state index contributed by atoms with van der Waals surface area (Å²) in [6.45, 7) is 7.97. The summed E-state index contributed by atoms with van der Waals surface area (Å²) in [5.74, 6) is -1.57. The Bertz CT molecular complexity index is 1120. The molecule has 6 atom stereocenters. The number of amides is 3. The highest BCUT2D eigenvalue weighted by atomic mass is 16.6. The second-order valence-corrected chi connectivity index (χ2v) is 10.4. The molecule has 0 bridgehead atoms. The molecule has 1 aliphatic heterocycles. The van der Waals surface area contributed by atoms with Crippen molar-refractivity contribution in [2.24, 2.45) is 11.8 Å². The van der Waals surface area contributed by atoms with E-state index in [9.17, 15) is 19.2 Å². The SMILES string of the molecule is CC[C@H](C)[C@H](NC(=O)OCc1ccccc1)C(=O)N[C@H](C(=O)N[C@@H](Cc1ccccc1)C(=O)C1CO1)[C@@H](C)CC. The lowest BCUT2D eigenvalue weighted by molar-refractivity contribution is -0.133. The molecular formula is C31H41N3O6. The summed E-state index contributed by atoms with van der Waals surface area (Å²) in [7, 11) is 0. The number of hydrogen-bond acceptors (Lipinski definition) is 6. The van der Waals surface area contributed by atoms with E-state index >= 15 is 0 Å². The van der Waals surface area contributed by atoms with Gasteiger partial charge in [-0.25, -0.2) is 4.79 Å². The van der Waals surface area contributed by atoms with E-state index in [4.69, 9.17) is 9.47 Å². The predicted molar refractivity (Wildman–Crippen MR) is 151 cm³/mol.